The van der Waals surface area contributed by atoms with Gasteiger partial charge in [-0.1, -0.05) is 26.2 Å². The van der Waals surface area contributed by atoms with Crippen molar-refractivity contribution >= 4 is 23.3 Å². The number of aliphatic hydroxyl groups is 1. The number of likely N-dealkylation sites (N-methyl/N-ethyl adjacent to an activating group) is 1. The third-order valence-electron chi connectivity index (χ3n) is 7.81. The van der Waals surface area contributed by atoms with E-state index in [0.29, 0.717) is 35.2 Å². The molecule has 1 aliphatic carbocycles. The van der Waals surface area contributed by atoms with Crippen LogP contribution in [-0.4, -0.2) is 72.3 Å². The first-order chi connectivity index (χ1) is 18.7. The summed E-state index contributed by atoms with van der Waals surface area (Å²) in [5.41, 5.74) is 1.19. The Balaban J connectivity index is 1.53. The van der Waals surface area contributed by atoms with E-state index >= 15 is 0 Å². The Hall–Kier alpha value is -3.17. The molecule has 0 spiro atoms. The number of carbonyl (C=O) groups is 2. The molecule has 2 aromatic carbocycles. The van der Waals surface area contributed by atoms with Crippen molar-refractivity contribution in [3.63, 3.8) is 0 Å². The van der Waals surface area contributed by atoms with Crippen LogP contribution < -0.4 is 15.4 Å². The number of benzene rings is 2. The quantitative estimate of drug-likeness (QED) is 0.428. The van der Waals surface area contributed by atoms with E-state index in [4.69, 9.17) is 4.74 Å². The molecule has 3 N–H and O–H groups in total. The number of halogens is 1. The predicted octanol–water partition coefficient (Wildman–Crippen LogP) is 5.20. The minimum absolute atomic E-state index is 0.0456. The van der Waals surface area contributed by atoms with Gasteiger partial charge in [0.1, 0.15) is 17.7 Å². The number of fused-ring (bicyclic) bond motifs is 1. The Bertz CT molecular complexity index is 1120. The van der Waals surface area contributed by atoms with Crippen LogP contribution in [-0.2, 0) is 0 Å². The van der Waals surface area contributed by atoms with Crippen LogP contribution in [0.25, 0.3) is 0 Å². The Morgan fingerprint density at radius 3 is 2.46 bits per heavy atom. The van der Waals surface area contributed by atoms with Crippen LogP contribution >= 0.6 is 0 Å². The van der Waals surface area contributed by atoms with E-state index in [9.17, 15) is 19.1 Å². The summed E-state index contributed by atoms with van der Waals surface area (Å²) in [5.74, 6) is 0.569. The second kappa shape index (κ2) is 13.3. The second-order valence-electron chi connectivity index (χ2n) is 11.1. The summed E-state index contributed by atoms with van der Waals surface area (Å²) < 4.78 is 19.7. The molecule has 1 aliphatic heterocycles. The molecule has 8 nitrogen and oxygen atoms in total. The summed E-state index contributed by atoms with van der Waals surface area (Å²) in [6.45, 7) is 5.97. The Morgan fingerprint density at radius 2 is 1.77 bits per heavy atom. The normalized spacial score (nSPS) is 21.0. The maximum atomic E-state index is 13.6. The Labute approximate surface area is 230 Å². The van der Waals surface area contributed by atoms with Gasteiger partial charge in [0.25, 0.3) is 5.91 Å². The lowest BCUT2D eigenvalue weighted by Crippen LogP contribution is -2.50. The van der Waals surface area contributed by atoms with Gasteiger partial charge in [-0.15, -0.1) is 0 Å². The minimum Gasteiger partial charge on any atom is -0.488 e. The van der Waals surface area contributed by atoms with Gasteiger partial charge < -0.3 is 30.3 Å². The largest absolute Gasteiger partial charge is 0.488 e. The maximum absolute atomic E-state index is 13.6. The lowest BCUT2D eigenvalue weighted by molar-refractivity contribution is 0.0330. The van der Waals surface area contributed by atoms with E-state index in [1.165, 1.54) is 56.4 Å². The summed E-state index contributed by atoms with van der Waals surface area (Å²) in [7, 11) is 2.14. The number of ether oxygens (including phenoxy) is 1. The zero-order valence-corrected chi connectivity index (χ0v) is 23.2. The number of hydrogen-bond acceptors (Lipinski definition) is 5. The van der Waals surface area contributed by atoms with Crippen molar-refractivity contribution < 1.29 is 23.8 Å². The monoisotopic (exact) mass is 540 g/mol. The van der Waals surface area contributed by atoms with Crippen molar-refractivity contribution in [3.05, 3.63) is 53.8 Å². The maximum Gasteiger partial charge on any atom is 0.323 e. The average Bonchev–Trinajstić information content (AvgIpc) is 2.92. The van der Waals surface area contributed by atoms with Gasteiger partial charge in [0.05, 0.1) is 18.2 Å². The molecule has 9 heteroatoms. The van der Waals surface area contributed by atoms with Crippen molar-refractivity contribution in [2.24, 2.45) is 11.8 Å². The molecule has 39 heavy (non-hydrogen) atoms. The zero-order chi connectivity index (χ0) is 27.9. The molecule has 2 aliphatic rings. The molecule has 0 aromatic heterocycles. The standard InChI is InChI=1S/C30H41FN4O4/c1-20-16-35(21(2)19-36)29(37)26-15-25(33-30(38)32-24-11-9-23(31)10-12-24)13-14-27(26)39-28(20)18-34(3)17-22-7-5-4-6-8-22/h9-15,20-22,28,36H,4-8,16-19H2,1-3H3,(H2,32,33,38)/t20-,21-,28-/m1/s1. The first kappa shape index (κ1) is 28.8. The number of anilines is 2. The molecular weight excluding hydrogens is 499 g/mol. The number of aliphatic hydroxyl groups excluding tert-OH is 1. The van der Waals surface area contributed by atoms with Gasteiger partial charge in [-0.05, 0) is 75.2 Å². The van der Waals surface area contributed by atoms with E-state index in [1.807, 2.05) is 6.92 Å². The number of carbonyl (C=O) groups excluding carboxylic acids is 2. The third kappa shape index (κ3) is 7.70. The highest BCUT2D eigenvalue weighted by molar-refractivity contribution is 6.02. The number of urea groups is 1. The fourth-order valence-electron chi connectivity index (χ4n) is 5.54. The van der Waals surface area contributed by atoms with Crippen LogP contribution in [0, 0.1) is 17.7 Å². The number of hydrogen-bond donors (Lipinski definition) is 3. The summed E-state index contributed by atoms with van der Waals surface area (Å²) >= 11 is 0. The molecule has 3 amide bonds. The van der Waals surface area contributed by atoms with Gasteiger partial charge in [-0.2, -0.15) is 0 Å². The fourth-order valence-corrected chi connectivity index (χ4v) is 5.54. The van der Waals surface area contributed by atoms with Crippen molar-refractivity contribution in [1.29, 1.82) is 0 Å². The molecule has 4 rings (SSSR count). The van der Waals surface area contributed by atoms with Gasteiger partial charge in [-0.25, -0.2) is 9.18 Å². The number of rotatable bonds is 8. The topological polar surface area (TPSA) is 94.1 Å². The molecule has 1 heterocycles. The molecule has 0 radical (unpaired) electrons. The van der Waals surface area contributed by atoms with Crippen LogP contribution in [0.5, 0.6) is 5.75 Å². The van der Waals surface area contributed by atoms with Gasteiger partial charge in [-0.3, -0.25) is 4.79 Å². The van der Waals surface area contributed by atoms with Crippen molar-refractivity contribution in [3.8, 4) is 5.75 Å². The predicted molar refractivity (Wildman–Crippen MR) is 151 cm³/mol. The van der Waals surface area contributed by atoms with Gasteiger partial charge in [0, 0.05) is 36.9 Å². The smallest absolute Gasteiger partial charge is 0.323 e. The average molecular weight is 541 g/mol. The summed E-state index contributed by atoms with van der Waals surface area (Å²) in [5, 5.41) is 15.3. The van der Waals surface area contributed by atoms with E-state index in [0.717, 1.165) is 13.1 Å². The Morgan fingerprint density at radius 1 is 1.10 bits per heavy atom. The van der Waals surface area contributed by atoms with E-state index in [1.54, 1.807) is 23.1 Å². The number of nitrogens with one attached hydrogen (secondary N) is 2. The molecule has 1 saturated carbocycles. The van der Waals surface area contributed by atoms with Gasteiger partial charge in [0.15, 0.2) is 0 Å². The molecule has 3 atom stereocenters. The van der Waals surface area contributed by atoms with E-state index < -0.39 is 11.8 Å². The minimum atomic E-state index is -0.516. The van der Waals surface area contributed by atoms with Crippen LogP contribution in [0.15, 0.2) is 42.5 Å². The summed E-state index contributed by atoms with van der Waals surface area (Å²) in [6, 6.07) is 9.59. The number of nitrogens with zero attached hydrogens (tertiary/aromatic N) is 2. The molecular formula is C30H41FN4O4. The SMILES string of the molecule is C[C@@H]1CN([C@H](C)CO)C(=O)c2cc(NC(=O)Nc3ccc(F)cc3)ccc2O[C@@H]1CN(C)CC1CCCCC1. The molecule has 0 saturated heterocycles. The van der Waals surface area contributed by atoms with Gasteiger partial charge >= 0.3 is 6.03 Å². The zero-order valence-electron chi connectivity index (χ0n) is 23.2. The van der Waals surface area contributed by atoms with Crippen molar-refractivity contribution in [1.82, 2.24) is 9.80 Å². The van der Waals surface area contributed by atoms with Crippen molar-refractivity contribution in [2.45, 2.75) is 58.1 Å². The first-order valence-electron chi connectivity index (χ1n) is 14.0. The number of amides is 3. The van der Waals surface area contributed by atoms with E-state index in [-0.39, 0.29) is 30.6 Å². The summed E-state index contributed by atoms with van der Waals surface area (Å²) in [4.78, 5) is 30.2. The fraction of sp³-hybridized carbons (Fsp3) is 0.533. The van der Waals surface area contributed by atoms with Crippen LogP contribution in [0.2, 0.25) is 0 Å². The highest BCUT2D eigenvalue weighted by atomic mass is 19.1. The van der Waals surface area contributed by atoms with E-state index in [2.05, 4.69) is 29.5 Å². The molecule has 212 valence electrons. The van der Waals surface area contributed by atoms with Crippen LogP contribution in [0.4, 0.5) is 20.6 Å². The third-order valence-corrected chi connectivity index (χ3v) is 7.81. The molecule has 0 bridgehead atoms. The molecule has 0 unspecified atom stereocenters. The lowest BCUT2D eigenvalue weighted by Gasteiger charge is -2.38. The van der Waals surface area contributed by atoms with Gasteiger partial charge in [0.2, 0.25) is 0 Å². The second-order valence-corrected chi connectivity index (χ2v) is 11.1. The first-order valence-corrected chi connectivity index (χ1v) is 14.0. The highest BCUT2D eigenvalue weighted by Gasteiger charge is 2.34. The highest BCUT2D eigenvalue weighted by Crippen LogP contribution is 2.31. The van der Waals surface area contributed by atoms with Crippen molar-refractivity contribution in [2.75, 3.05) is 43.9 Å². The Kier molecular flexibility index (Phi) is 9.80. The molecule has 1 fully saturated rings. The summed E-state index contributed by atoms with van der Waals surface area (Å²) in [6.07, 6.45) is 6.33. The lowest BCUT2D eigenvalue weighted by atomic mass is 9.89. The molecule has 2 aromatic rings. The van der Waals surface area contributed by atoms with Crippen LogP contribution in [0.1, 0.15) is 56.3 Å². The van der Waals surface area contributed by atoms with Crippen LogP contribution in [0.3, 0.4) is 0 Å².